The van der Waals surface area contributed by atoms with E-state index in [4.69, 9.17) is 4.74 Å². The number of benzene rings is 1. The van der Waals surface area contributed by atoms with Crippen LogP contribution < -0.4 is 10.1 Å². The smallest absolute Gasteiger partial charge is 0.317 e. The molecule has 6 nitrogen and oxygen atoms in total. The van der Waals surface area contributed by atoms with E-state index in [2.05, 4.69) is 34.4 Å². The fraction of sp³-hybridized carbons (Fsp3) is 0.455. The largest absolute Gasteiger partial charge is 0.497 e. The van der Waals surface area contributed by atoms with E-state index in [0.29, 0.717) is 19.0 Å². The fourth-order valence-corrected chi connectivity index (χ4v) is 3.55. The number of urea groups is 1. The van der Waals surface area contributed by atoms with Crippen LogP contribution in [0.25, 0.3) is 0 Å². The number of hydrogen-bond donors (Lipinski definition) is 1. The number of nitrogens with one attached hydrogen (secondary N) is 1. The number of pyridine rings is 1. The minimum Gasteiger partial charge on any atom is -0.497 e. The highest BCUT2D eigenvalue weighted by molar-refractivity contribution is 5.74. The van der Waals surface area contributed by atoms with Crippen LogP contribution in [0.4, 0.5) is 4.79 Å². The Morgan fingerprint density at radius 1 is 1.21 bits per heavy atom. The number of rotatable bonds is 8. The molecule has 3 rings (SSSR count). The van der Waals surface area contributed by atoms with Gasteiger partial charge in [0.25, 0.3) is 0 Å². The fourth-order valence-electron chi connectivity index (χ4n) is 3.55. The molecule has 1 saturated heterocycles. The molecule has 2 amide bonds. The third-order valence-electron chi connectivity index (χ3n) is 5.27. The molecule has 0 bridgehead atoms. The molecule has 0 radical (unpaired) electrons. The zero-order chi connectivity index (χ0) is 19.8. The molecule has 1 aromatic carbocycles. The monoisotopic (exact) mass is 382 g/mol. The van der Waals surface area contributed by atoms with Gasteiger partial charge < -0.3 is 19.9 Å². The van der Waals surface area contributed by atoms with Gasteiger partial charge >= 0.3 is 6.03 Å². The molecule has 0 aliphatic carbocycles. The van der Waals surface area contributed by atoms with E-state index < -0.39 is 0 Å². The maximum atomic E-state index is 12.9. The molecular weight excluding hydrogens is 352 g/mol. The quantitative estimate of drug-likeness (QED) is 0.763. The lowest BCUT2D eigenvalue weighted by Crippen LogP contribution is -2.42. The van der Waals surface area contributed by atoms with E-state index in [9.17, 15) is 4.79 Å². The van der Waals surface area contributed by atoms with Crippen molar-refractivity contribution in [1.82, 2.24) is 20.1 Å². The molecular formula is C22H30N4O2. The number of aromatic nitrogens is 1. The number of methoxy groups -OCH3 is 1. The Morgan fingerprint density at radius 3 is 2.61 bits per heavy atom. The topological polar surface area (TPSA) is 57.7 Å². The van der Waals surface area contributed by atoms with Crippen LogP contribution in [0.1, 0.15) is 17.5 Å². The molecule has 0 unspecified atom stereocenters. The van der Waals surface area contributed by atoms with Crippen molar-refractivity contribution in [2.75, 3.05) is 40.3 Å². The van der Waals surface area contributed by atoms with E-state index in [-0.39, 0.29) is 6.03 Å². The highest BCUT2D eigenvalue weighted by Crippen LogP contribution is 2.15. The van der Waals surface area contributed by atoms with E-state index in [1.807, 2.05) is 29.2 Å². The second kappa shape index (κ2) is 10.1. The van der Waals surface area contributed by atoms with Gasteiger partial charge in [-0.15, -0.1) is 0 Å². The van der Waals surface area contributed by atoms with Crippen molar-refractivity contribution >= 4 is 6.03 Å². The van der Waals surface area contributed by atoms with Gasteiger partial charge in [-0.25, -0.2) is 4.79 Å². The molecule has 0 saturated carbocycles. The predicted octanol–water partition coefficient (Wildman–Crippen LogP) is 2.80. The maximum absolute atomic E-state index is 12.9. The van der Waals surface area contributed by atoms with Crippen molar-refractivity contribution in [2.24, 2.45) is 5.92 Å². The normalized spacial score (nSPS) is 16.7. The summed E-state index contributed by atoms with van der Waals surface area (Å²) in [6, 6.07) is 11.9. The Bertz CT molecular complexity index is 736. The molecule has 2 aromatic rings. The van der Waals surface area contributed by atoms with Crippen LogP contribution in [-0.4, -0.2) is 61.2 Å². The molecule has 1 aliphatic rings. The number of nitrogens with zero attached hydrogens (tertiary/aromatic N) is 3. The predicted molar refractivity (Wildman–Crippen MR) is 110 cm³/mol. The zero-order valence-electron chi connectivity index (χ0n) is 16.8. The molecule has 1 fully saturated rings. The summed E-state index contributed by atoms with van der Waals surface area (Å²) in [7, 11) is 3.80. The van der Waals surface area contributed by atoms with Gasteiger partial charge in [-0.3, -0.25) is 4.98 Å². The van der Waals surface area contributed by atoms with Crippen molar-refractivity contribution in [2.45, 2.75) is 19.4 Å². The van der Waals surface area contributed by atoms with Crippen LogP contribution >= 0.6 is 0 Å². The summed E-state index contributed by atoms with van der Waals surface area (Å²) < 4.78 is 5.22. The van der Waals surface area contributed by atoms with Crippen molar-refractivity contribution in [3.05, 3.63) is 59.9 Å². The van der Waals surface area contributed by atoms with Gasteiger partial charge in [0, 0.05) is 38.6 Å². The highest BCUT2D eigenvalue weighted by atomic mass is 16.5. The molecule has 2 heterocycles. The number of carbonyl (C=O) groups excluding carboxylic acids is 1. The van der Waals surface area contributed by atoms with Crippen molar-refractivity contribution < 1.29 is 9.53 Å². The van der Waals surface area contributed by atoms with Crippen LogP contribution in [0.3, 0.4) is 0 Å². The first-order valence-electron chi connectivity index (χ1n) is 9.87. The number of amides is 2. The molecule has 1 atom stereocenters. The third kappa shape index (κ3) is 5.96. The number of ether oxygens (including phenoxy) is 1. The van der Waals surface area contributed by atoms with Gasteiger partial charge in [0.05, 0.1) is 7.11 Å². The van der Waals surface area contributed by atoms with E-state index in [1.165, 1.54) is 5.56 Å². The maximum Gasteiger partial charge on any atom is 0.317 e. The lowest BCUT2D eigenvalue weighted by atomic mass is 10.1. The second-order valence-electron chi connectivity index (χ2n) is 7.48. The van der Waals surface area contributed by atoms with Crippen LogP contribution in [0.15, 0.2) is 48.8 Å². The van der Waals surface area contributed by atoms with Crippen LogP contribution in [0.2, 0.25) is 0 Å². The second-order valence-corrected chi connectivity index (χ2v) is 7.48. The summed E-state index contributed by atoms with van der Waals surface area (Å²) in [5.74, 6) is 1.38. The molecule has 1 aliphatic heterocycles. The first kappa shape index (κ1) is 20.1. The average Bonchev–Trinajstić information content (AvgIpc) is 3.15. The van der Waals surface area contributed by atoms with Gasteiger partial charge in [-0.2, -0.15) is 0 Å². The first-order valence-corrected chi connectivity index (χ1v) is 9.87. The van der Waals surface area contributed by atoms with E-state index in [0.717, 1.165) is 43.8 Å². The summed E-state index contributed by atoms with van der Waals surface area (Å²) >= 11 is 0. The van der Waals surface area contributed by atoms with Crippen LogP contribution in [0, 0.1) is 5.92 Å². The van der Waals surface area contributed by atoms with Gasteiger partial charge in [-0.1, -0.05) is 12.1 Å². The van der Waals surface area contributed by atoms with Gasteiger partial charge in [0.1, 0.15) is 5.75 Å². The van der Waals surface area contributed by atoms with Crippen molar-refractivity contribution in [3.8, 4) is 5.75 Å². The average molecular weight is 383 g/mol. The Balaban J connectivity index is 1.59. The lowest BCUT2D eigenvalue weighted by molar-refractivity contribution is 0.194. The minimum atomic E-state index is -0.000114. The SMILES string of the molecule is COc1ccc(CCN(Cc2ccncc2)C(=O)NC[C@H]2CCN(C)C2)cc1. The van der Waals surface area contributed by atoms with Crippen LogP contribution in [0.5, 0.6) is 5.75 Å². The molecule has 150 valence electrons. The van der Waals surface area contributed by atoms with Gasteiger partial charge in [-0.05, 0) is 67.7 Å². The summed E-state index contributed by atoms with van der Waals surface area (Å²) in [4.78, 5) is 21.1. The number of likely N-dealkylation sites (tertiary alicyclic amines) is 1. The van der Waals surface area contributed by atoms with Crippen molar-refractivity contribution in [1.29, 1.82) is 0 Å². The lowest BCUT2D eigenvalue weighted by Gasteiger charge is -2.24. The van der Waals surface area contributed by atoms with Gasteiger partial charge in [0.15, 0.2) is 0 Å². The minimum absolute atomic E-state index is 0.000114. The van der Waals surface area contributed by atoms with Crippen LogP contribution in [-0.2, 0) is 13.0 Å². The highest BCUT2D eigenvalue weighted by Gasteiger charge is 2.21. The molecule has 6 heteroatoms. The Kier molecular flexibility index (Phi) is 7.25. The summed E-state index contributed by atoms with van der Waals surface area (Å²) in [5.41, 5.74) is 2.27. The van der Waals surface area contributed by atoms with Gasteiger partial charge in [0.2, 0.25) is 0 Å². The molecule has 1 N–H and O–H groups in total. The van der Waals surface area contributed by atoms with E-state index in [1.54, 1.807) is 19.5 Å². The Morgan fingerprint density at radius 2 is 1.96 bits per heavy atom. The Hall–Kier alpha value is -2.60. The Labute approximate surface area is 167 Å². The molecule has 28 heavy (non-hydrogen) atoms. The van der Waals surface area contributed by atoms with Crippen molar-refractivity contribution in [3.63, 3.8) is 0 Å². The standard InChI is InChI=1S/C22H30N4O2/c1-25-13-9-20(16-25)15-24-22(27)26(17-19-7-11-23-12-8-19)14-10-18-3-5-21(28-2)6-4-18/h3-8,11-12,20H,9-10,13-17H2,1-2H3,(H,24,27)/t20-/m1/s1. The zero-order valence-corrected chi connectivity index (χ0v) is 16.8. The van der Waals surface area contributed by atoms with E-state index >= 15 is 0 Å². The number of carbonyl (C=O) groups is 1. The molecule has 1 aromatic heterocycles. The molecule has 0 spiro atoms. The summed E-state index contributed by atoms with van der Waals surface area (Å²) in [6.07, 6.45) is 5.48. The first-order chi connectivity index (χ1) is 13.6. The summed E-state index contributed by atoms with van der Waals surface area (Å²) in [5, 5.41) is 3.14. The number of hydrogen-bond acceptors (Lipinski definition) is 4. The third-order valence-corrected chi connectivity index (χ3v) is 5.27. The summed E-state index contributed by atoms with van der Waals surface area (Å²) in [6.45, 7) is 4.13.